The third-order valence-electron chi connectivity index (χ3n) is 5.31. The summed E-state index contributed by atoms with van der Waals surface area (Å²) in [6.07, 6.45) is 6.23. The van der Waals surface area contributed by atoms with Gasteiger partial charge in [0.15, 0.2) is 5.78 Å². The lowest BCUT2D eigenvalue weighted by molar-refractivity contribution is -0.130. The third-order valence-corrected chi connectivity index (χ3v) is 5.31. The Morgan fingerprint density at radius 3 is 2.48 bits per heavy atom. The first-order chi connectivity index (χ1) is 12.0. The number of benzene rings is 1. The van der Waals surface area contributed by atoms with Crippen molar-refractivity contribution >= 4 is 11.7 Å². The second-order valence-corrected chi connectivity index (χ2v) is 7.66. The minimum absolute atomic E-state index is 0.0350. The summed E-state index contributed by atoms with van der Waals surface area (Å²) in [6, 6.07) is 7.88. The molecule has 2 rings (SSSR count). The molecule has 1 fully saturated rings. The lowest BCUT2D eigenvalue weighted by Gasteiger charge is -2.22. The van der Waals surface area contributed by atoms with Crippen molar-refractivity contribution in [2.45, 2.75) is 58.8 Å². The van der Waals surface area contributed by atoms with Crippen molar-refractivity contribution in [3.05, 3.63) is 35.4 Å². The number of unbranched alkanes of at least 4 members (excludes halogenated alkanes) is 2. The molecule has 0 radical (unpaired) electrons. The topological polar surface area (TPSA) is 63.4 Å². The van der Waals surface area contributed by atoms with E-state index < -0.39 is 0 Å². The number of Topliss-reactive ketones (excluding diaryl/α,β-unsaturated/α-hetero) is 1. The number of carbonyl (C=O) groups is 2. The minimum atomic E-state index is 0.0350. The SMILES string of the molecule is CCCCCc1ccc(C(=O)CCC(=O)N2CCC(C)(CN)C2)cc1. The average molecular weight is 344 g/mol. The molecule has 138 valence electrons. The number of hydrogen-bond acceptors (Lipinski definition) is 3. The van der Waals surface area contributed by atoms with E-state index in [9.17, 15) is 9.59 Å². The van der Waals surface area contributed by atoms with Gasteiger partial charge in [0.1, 0.15) is 0 Å². The van der Waals surface area contributed by atoms with E-state index in [-0.39, 0.29) is 29.9 Å². The Morgan fingerprint density at radius 2 is 1.88 bits per heavy atom. The molecule has 4 nitrogen and oxygen atoms in total. The highest BCUT2D eigenvalue weighted by molar-refractivity contribution is 5.98. The smallest absolute Gasteiger partial charge is 0.223 e. The number of rotatable bonds is 9. The fourth-order valence-electron chi connectivity index (χ4n) is 3.36. The monoisotopic (exact) mass is 344 g/mol. The van der Waals surface area contributed by atoms with Crippen LogP contribution in [0.2, 0.25) is 0 Å². The lowest BCUT2D eigenvalue weighted by Crippen LogP contribution is -2.34. The molecular formula is C21H32N2O2. The van der Waals surface area contributed by atoms with E-state index >= 15 is 0 Å². The number of hydrogen-bond donors (Lipinski definition) is 1. The van der Waals surface area contributed by atoms with Gasteiger partial charge in [0.05, 0.1) is 0 Å². The molecule has 1 unspecified atom stereocenters. The molecule has 0 bridgehead atoms. The van der Waals surface area contributed by atoms with Gasteiger partial charge in [-0.15, -0.1) is 0 Å². The summed E-state index contributed by atoms with van der Waals surface area (Å²) in [5, 5.41) is 0. The van der Waals surface area contributed by atoms with Crippen LogP contribution in [-0.2, 0) is 11.2 Å². The van der Waals surface area contributed by atoms with Crippen LogP contribution in [0.25, 0.3) is 0 Å². The summed E-state index contributed by atoms with van der Waals surface area (Å²) in [6.45, 7) is 6.38. The van der Waals surface area contributed by atoms with Crippen LogP contribution in [0, 0.1) is 5.41 Å². The second kappa shape index (κ2) is 9.14. The van der Waals surface area contributed by atoms with E-state index in [1.165, 1.54) is 24.8 Å². The van der Waals surface area contributed by atoms with Crippen LogP contribution < -0.4 is 5.73 Å². The summed E-state index contributed by atoms with van der Waals surface area (Å²) in [7, 11) is 0. The molecule has 1 aromatic rings. The number of amides is 1. The van der Waals surface area contributed by atoms with Gasteiger partial charge in [0.2, 0.25) is 5.91 Å². The molecule has 0 aromatic heterocycles. The van der Waals surface area contributed by atoms with Crippen LogP contribution in [0.15, 0.2) is 24.3 Å². The second-order valence-electron chi connectivity index (χ2n) is 7.66. The molecule has 0 spiro atoms. The number of nitrogens with two attached hydrogens (primary N) is 1. The number of ketones is 1. The predicted molar refractivity (Wildman–Crippen MR) is 102 cm³/mol. The van der Waals surface area contributed by atoms with Gasteiger partial charge >= 0.3 is 0 Å². The van der Waals surface area contributed by atoms with E-state index in [1.807, 2.05) is 29.2 Å². The zero-order valence-corrected chi connectivity index (χ0v) is 15.7. The molecular weight excluding hydrogens is 312 g/mol. The Kier molecular flexibility index (Phi) is 7.18. The highest BCUT2D eigenvalue weighted by Gasteiger charge is 2.34. The first-order valence-electron chi connectivity index (χ1n) is 9.57. The van der Waals surface area contributed by atoms with Gasteiger partial charge in [-0.25, -0.2) is 0 Å². The van der Waals surface area contributed by atoms with Crippen molar-refractivity contribution in [2.24, 2.45) is 11.1 Å². The Hall–Kier alpha value is -1.68. The highest BCUT2D eigenvalue weighted by atomic mass is 16.2. The molecule has 0 aliphatic carbocycles. The van der Waals surface area contributed by atoms with Crippen LogP contribution in [0.5, 0.6) is 0 Å². The maximum atomic E-state index is 12.3. The number of aryl methyl sites for hydroxylation is 1. The van der Waals surface area contributed by atoms with Crippen molar-refractivity contribution in [2.75, 3.05) is 19.6 Å². The molecule has 1 heterocycles. The zero-order chi connectivity index (χ0) is 18.3. The molecule has 1 amide bonds. The van der Waals surface area contributed by atoms with Gasteiger partial charge in [0, 0.05) is 31.5 Å². The number of carbonyl (C=O) groups excluding carboxylic acids is 2. The summed E-state index contributed by atoms with van der Waals surface area (Å²) in [4.78, 5) is 26.5. The van der Waals surface area contributed by atoms with E-state index in [4.69, 9.17) is 5.73 Å². The molecule has 1 saturated heterocycles. The average Bonchev–Trinajstić information content (AvgIpc) is 3.03. The molecule has 2 N–H and O–H groups in total. The van der Waals surface area contributed by atoms with Crippen molar-refractivity contribution in [1.82, 2.24) is 4.90 Å². The summed E-state index contributed by atoms with van der Waals surface area (Å²) >= 11 is 0. The van der Waals surface area contributed by atoms with Crippen molar-refractivity contribution in [1.29, 1.82) is 0 Å². The van der Waals surface area contributed by atoms with Gasteiger partial charge in [-0.05, 0) is 36.8 Å². The molecule has 1 aliphatic rings. The standard InChI is InChI=1S/C21H32N2O2/c1-3-4-5-6-17-7-9-18(10-8-17)19(24)11-12-20(25)23-14-13-21(2,15-22)16-23/h7-10H,3-6,11-16,22H2,1-2H3. The van der Waals surface area contributed by atoms with E-state index in [1.54, 1.807) is 0 Å². The Labute approximate surface area is 151 Å². The highest BCUT2D eigenvalue weighted by Crippen LogP contribution is 2.29. The minimum Gasteiger partial charge on any atom is -0.342 e. The van der Waals surface area contributed by atoms with Crippen LogP contribution in [0.4, 0.5) is 0 Å². The van der Waals surface area contributed by atoms with Crippen molar-refractivity contribution in [3.63, 3.8) is 0 Å². The molecule has 1 atom stereocenters. The van der Waals surface area contributed by atoms with Gasteiger partial charge in [-0.2, -0.15) is 0 Å². The van der Waals surface area contributed by atoms with E-state index in [0.29, 0.717) is 18.7 Å². The summed E-state index contributed by atoms with van der Waals surface area (Å²) in [5.41, 5.74) is 7.81. The van der Waals surface area contributed by atoms with Crippen LogP contribution >= 0.6 is 0 Å². The van der Waals surface area contributed by atoms with Crippen LogP contribution in [0.3, 0.4) is 0 Å². The molecule has 4 heteroatoms. The molecule has 1 aromatic carbocycles. The van der Waals surface area contributed by atoms with Gasteiger partial charge < -0.3 is 10.6 Å². The Morgan fingerprint density at radius 1 is 1.16 bits per heavy atom. The van der Waals surface area contributed by atoms with E-state index in [2.05, 4.69) is 13.8 Å². The third kappa shape index (κ3) is 5.67. The summed E-state index contributed by atoms with van der Waals surface area (Å²) in [5.74, 6) is 0.121. The first-order valence-corrected chi connectivity index (χ1v) is 9.57. The van der Waals surface area contributed by atoms with Crippen LogP contribution in [-0.4, -0.2) is 36.2 Å². The fraction of sp³-hybridized carbons (Fsp3) is 0.619. The Balaban J connectivity index is 1.79. The summed E-state index contributed by atoms with van der Waals surface area (Å²) < 4.78 is 0. The quantitative estimate of drug-likeness (QED) is 0.550. The Bertz CT molecular complexity index is 582. The van der Waals surface area contributed by atoms with Gasteiger partial charge in [0.25, 0.3) is 0 Å². The lowest BCUT2D eigenvalue weighted by atomic mass is 9.90. The molecule has 1 aliphatic heterocycles. The first kappa shape index (κ1) is 19.6. The molecule has 25 heavy (non-hydrogen) atoms. The molecule has 0 saturated carbocycles. The largest absolute Gasteiger partial charge is 0.342 e. The maximum Gasteiger partial charge on any atom is 0.223 e. The number of nitrogens with zero attached hydrogens (tertiary/aromatic N) is 1. The maximum absolute atomic E-state index is 12.3. The zero-order valence-electron chi connectivity index (χ0n) is 15.7. The van der Waals surface area contributed by atoms with E-state index in [0.717, 1.165) is 19.4 Å². The van der Waals surface area contributed by atoms with Crippen LogP contribution in [0.1, 0.15) is 68.3 Å². The normalized spacial score (nSPS) is 20.0. The van der Waals surface area contributed by atoms with Crippen molar-refractivity contribution < 1.29 is 9.59 Å². The van der Waals surface area contributed by atoms with Gasteiger partial charge in [-0.3, -0.25) is 9.59 Å². The fourth-order valence-corrected chi connectivity index (χ4v) is 3.36. The predicted octanol–water partition coefficient (Wildman–Crippen LogP) is 3.58. The van der Waals surface area contributed by atoms with Crippen molar-refractivity contribution in [3.8, 4) is 0 Å². The number of likely N-dealkylation sites (tertiary alicyclic amines) is 1. The van der Waals surface area contributed by atoms with Gasteiger partial charge in [-0.1, -0.05) is 51.0 Å².